The molecule has 0 N–H and O–H groups in total. The summed E-state index contributed by atoms with van der Waals surface area (Å²) in [4.78, 5) is 55.4. The Morgan fingerprint density at radius 3 is 1.68 bits per heavy atom. The van der Waals surface area contributed by atoms with Crippen molar-refractivity contribution in [1.82, 2.24) is 9.80 Å². The minimum absolute atomic E-state index is 0.0356. The first kappa shape index (κ1) is 60.5. The molecule has 0 bridgehead atoms. The molecule has 0 unspecified atom stereocenters. The fourth-order valence-electron chi connectivity index (χ4n) is 8.60. The lowest BCUT2D eigenvalue weighted by Gasteiger charge is -2.27. The van der Waals surface area contributed by atoms with Gasteiger partial charge in [0.25, 0.3) is 0 Å². The van der Waals surface area contributed by atoms with Crippen molar-refractivity contribution in [1.29, 1.82) is 0 Å². The van der Waals surface area contributed by atoms with Crippen LogP contribution in [-0.4, -0.2) is 73.3 Å². The molecule has 1 aliphatic heterocycles. The summed E-state index contributed by atoms with van der Waals surface area (Å²) in [5.41, 5.74) is 1.76. The topological polar surface area (TPSA) is 93.2 Å². The Labute approximate surface area is 404 Å². The van der Waals surface area contributed by atoms with E-state index in [1.165, 1.54) is 141 Å². The summed E-state index contributed by atoms with van der Waals surface area (Å²) in [6, 6.07) is 0. The first-order valence-electron chi connectivity index (χ1n) is 27.1. The number of nitrogens with zero attached hydrogens (tertiary/aromatic N) is 2. The molecular formula is C56H100N2O6S. The van der Waals surface area contributed by atoms with Gasteiger partial charge in [0.05, 0.1) is 18.7 Å². The monoisotopic (exact) mass is 929 g/mol. The molecule has 0 saturated heterocycles. The van der Waals surface area contributed by atoms with Crippen molar-refractivity contribution >= 4 is 35.0 Å². The third kappa shape index (κ3) is 32.8. The van der Waals surface area contributed by atoms with Crippen molar-refractivity contribution in [2.24, 2.45) is 0 Å². The van der Waals surface area contributed by atoms with E-state index in [-0.39, 0.29) is 23.9 Å². The van der Waals surface area contributed by atoms with Gasteiger partial charge in [-0.05, 0) is 117 Å². The van der Waals surface area contributed by atoms with Crippen LogP contribution in [0.1, 0.15) is 265 Å². The highest BCUT2D eigenvalue weighted by Crippen LogP contribution is 2.34. The van der Waals surface area contributed by atoms with Crippen LogP contribution in [0.15, 0.2) is 12.2 Å². The van der Waals surface area contributed by atoms with E-state index < -0.39 is 0 Å². The minimum Gasteiger partial charge on any atom is -0.462 e. The lowest BCUT2D eigenvalue weighted by Crippen LogP contribution is -2.35. The normalized spacial score (nSPS) is 12.5. The lowest BCUT2D eigenvalue weighted by molar-refractivity contribution is -0.150. The summed E-state index contributed by atoms with van der Waals surface area (Å²) in [5, 5.41) is 0. The van der Waals surface area contributed by atoms with E-state index in [4.69, 9.17) is 9.47 Å². The van der Waals surface area contributed by atoms with Crippen LogP contribution in [0.2, 0.25) is 0 Å². The molecule has 2 rings (SSSR count). The average molecular weight is 929 g/mol. The summed E-state index contributed by atoms with van der Waals surface area (Å²) in [6.07, 6.45) is 43.2. The Kier molecular flexibility index (Phi) is 38.8. The number of carbonyl (C=O) groups is 4. The van der Waals surface area contributed by atoms with Crippen molar-refractivity contribution in [3.8, 4) is 0 Å². The summed E-state index contributed by atoms with van der Waals surface area (Å²) in [5.74, 6) is 0.110. The minimum atomic E-state index is -0.239. The largest absolute Gasteiger partial charge is 0.462 e. The Balaban J connectivity index is 0.000000885. The van der Waals surface area contributed by atoms with Crippen LogP contribution in [0.5, 0.6) is 0 Å². The third-order valence-electron chi connectivity index (χ3n) is 12.6. The van der Waals surface area contributed by atoms with Crippen LogP contribution in [0.25, 0.3) is 0 Å². The predicted octanol–water partition coefficient (Wildman–Crippen LogP) is 15.6. The molecule has 0 saturated carbocycles. The number of ketones is 1. The number of carbonyl (C=O) groups excluding carboxylic acids is 4. The van der Waals surface area contributed by atoms with Crippen molar-refractivity contribution in [2.45, 2.75) is 266 Å². The molecule has 0 aromatic carbocycles. The van der Waals surface area contributed by atoms with E-state index >= 15 is 0 Å². The highest BCUT2D eigenvalue weighted by Gasteiger charge is 2.29. The smallest absolute Gasteiger partial charge is 0.339 e. The predicted molar refractivity (Wildman–Crippen MR) is 276 cm³/mol. The fourth-order valence-corrected chi connectivity index (χ4v) is 9.82. The van der Waals surface area contributed by atoms with Crippen LogP contribution < -0.4 is 0 Å². The van der Waals surface area contributed by atoms with Crippen molar-refractivity contribution in [3.63, 3.8) is 0 Å². The van der Waals surface area contributed by atoms with Gasteiger partial charge < -0.3 is 24.1 Å². The van der Waals surface area contributed by atoms with E-state index in [0.717, 1.165) is 66.8 Å². The standard InChI is InChI=1S/C37H64N2O5S.C19H36O/c1-6-8-10-12-14-16-21-31(22-17-15-13-11-9-7-2)44-35(41)24-19-18-23-34(40)39-27-25-32-33(29-39)45-30(3)36(32)37(42)43-28-20-26-38(4)5;1-3-4-5-6-7-8-9-10-11-12-13-14-15-16-17-18-19(2)20/h31H,6-29H2,1-5H3;10-11H,3-9,12-18H2,1-2H3/b;11-10-. The molecule has 1 aromatic heterocycles. The molecule has 9 heteroatoms. The average Bonchev–Trinajstić information content (AvgIpc) is 3.62. The molecule has 1 amide bonds. The second-order valence-corrected chi connectivity index (χ2v) is 20.6. The molecule has 0 spiro atoms. The maximum atomic E-state index is 13.0. The maximum Gasteiger partial charge on any atom is 0.339 e. The second-order valence-electron chi connectivity index (χ2n) is 19.3. The van der Waals surface area contributed by atoms with Crippen LogP contribution in [0.4, 0.5) is 0 Å². The van der Waals surface area contributed by atoms with E-state index in [2.05, 4.69) is 37.8 Å². The third-order valence-corrected chi connectivity index (χ3v) is 13.8. The molecule has 2 heterocycles. The van der Waals surface area contributed by atoms with Gasteiger partial charge in [0.1, 0.15) is 11.9 Å². The zero-order chi connectivity index (χ0) is 47.8. The number of hydrogen-bond acceptors (Lipinski definition) is 8. The molecule has 8 nitrogen and oxygen atoms in total. The molecule has 65 heavy (non-hydrogen) atoms. The second kappa shape index (κ2) is 41.7. The number of aryl methyl sites for hydroxylation is 1. The van der Waals surface area contributed by atoms with Gasteiger partial charge in [-0.1, -0.05) is 148 Å². The van der Waals surface area contributed by atoms with E-state index in [1.54, 1.807) is 18.3 Å². The Morgan fingerprint density at radius 1 is 0.646 bits per heavy atom. The van der Waals surface area contributed by atoms with Gasteiger partial charge in [-0.2, -0.15) is 0 Å². The number of thiophene rings is 1. The SMILES string of the molecule is CCCCCCCC/C=C\CCCCCCCC(C)=O.CCCCCCCCC(CCCCCCCC)OC(=O)CCCCC(=O)N1CCc2c(sc(C)c2C(=O)OCCCN(C)C)C1. The van der Waals surface area contributed by atoms with Crippen LogP contribution in [0.3, 0.4) is 0 Å². The summed E-state index contributed by atoms with van der Waals surface area (Å²) in [7, 11) is 4.02. The summed E-state index contributed by atoms with van der Waals surface area (Å²) < 4.78 is 11.5. The molecule has 376 valence electrons. The maximum absolute atomic E-state index is 13.0. The lowest BCUT2D eigenvalue weighted by atomic mass is 10.0. The van der Waals surface area contributed by atoms with Crippen LogP contribution in [-0.2, 0) is 36.8 Å². The molecule has 0 radical (unpaired) electrons. The molecule has 0 aliphatic carbocycles. The summed E-state index contributed by atoms with van der Waals surface area (Å²) >= 11 is 1.60. The number of hydrogen-bond donors (Lipinski definition) is 0. The van der Waals surface area contributed by atoms with E-state index in [9.17, 15) is 19.2 Å². The quantitative estimate of drug-likeness (QED) is 0.0368. The van der Waals surface area contributed by atoms with Crippen molar-refractivity contribution < 1.29 is 28.7 Å². The number of allylic oxidation sites excluding steroid dienone is 2. The molecule has 0 fully saturated rings. The van der Waals surface area contributed by atoms with Gasteiger partial charge in [0.2, 0.25) is 5.91 Å². The van der Waals surface area contributed by atoms with Gasteiger partial charge in [-0.25, -0.2) is 4.79 Å². The van der Waals surface area contributed by atoms with Crippen LogP contribution in [0, 0.1) is 6.92 Å². The number of esters is 2. The van der Waals surface area contributed by atoms with Crippen molar-refractivity contribution in [3.05, 3.63) is 33.0 Å². The van der Waals surface area contributed by atoms with Crippen molar-refractivity contribution in [2.75, 3.05) is 33.8 Å². The van der Waals surface area contributed by atoms with Gasteiger partial charge in [0, 0.05) is 42.1 Å². The highest BCUT2D eigenvalue weighted by atomic mass is 32.1. The summed E-state index contributed by atoms with van der Waals surface area (Å²) in [6.45, 7) is 12.9. The van der Waals surface area contributed by atoms with E-state index in [0.29, 0.717) is 63.1 Å². The molecule has 1 aliphatic rings. The number of ether oxygens (including phenoxy) is 2. The first-order valence-corrected chi connectivity index (χ1v) is 27.9. The Morgan fingerprint density at radius 2 is 1.14 bits per heavy atom. The Bertz CT molecular complexity index is 1370. The van der Waals surface area contributed by atoms with Crippen LogP contribution >= 0.6 is 11.3 Å². The zero-order valence-electron chi connectivity index (χ0n) is 43.4. The zero-order valence-corrected chi connectivity index (χ0v) is 44.2. The first-order chi connectivity index (χ1) is 31.5. The fraction of sp³-hybridized carbons (Fsp3) is 0.821. The van der Waals surface area contributed by atoms with Gasteiger partial charge in [0.15, 0.2) is 0 Å². The van der Waals surface area contributed by atoms with Gasteiger partial charge in [-0.3, -0.25) is 9.59 Å². The molecule has 0 atom stereocenters. The molecule has 1 aromatic rings. The number of fused-ring (bicyclic) bond motifs is 1. The number of rotatable bonds is 40. The number of unbranched alkanes of at least 4 members (excludes halogenated alkanes) is 22. The Hall–Kier alpha value is -2.52. The number of Topliss-reactive ketones (excluding diaryl/α,β-unsaturated/α-hetero) is 1. The van der Waals surface area contributed by atoms with E-state index in [1.807, 2.05) is 25.9 Å². The van der Waals surface area contributed by atoms with Gasteiger partial charge in [-0.15, -0.1) is 11.3 Å². The molecular weight excluding hydrogens is 829 g/mol. The van der Waals surface area contributed by atoms with Gasteiger partial charge >= 0.3 is 11.9 Å². The number of amides is 1. The highest BCUT2D eigenvalue weighted by molar-refractivity contribution is 7.12.